The topological polar surface area (TPSA) is 124 Å². The Balaban J connectivity index is 1.66. The van der Waals surface area contributed by atoms with Crippen LogP contribution in [0.5, 0.6) is 0 Å². The zero-order valence-electron chi connectivity index (χ0n) is 16.1. The van der Waals surface area contributed by atoms with E-state index in [2.05, 4.69) is 10.2 Å². The number of nitro groups is 1. The van der Waals surface area contributed by atoms with E-state index >= 15 is 0 Å². The first kappa shape index (κ1) is 20.6. The van der Waals surface area contributed by atoms with E-state index in [0.717, 1.165) is 37.1 Å². The molecule has 0 unspecified atom stereocenters. The molecule has 1 aliphatic heterocycles. The smallest absolute Gasteiger partial charge is 0.284 e. The number of sulfonamides is 1. The molecule has 30 heavy (non-hydrogen) atoms. The van der Waals surface area contributed by atoms with Gasteiger partial charge in [0.15, 0.2) is 16.7 Å². The Morgan fingerprint density at radius 2 is 1.93 bits per heavy atom. The third-order valence-corrected chi connectivity index (χ3v) is 7.86. The van der Waals surface area contributed by atoms with Crippen molar-refractivity contribution in [1.82, 2.24) is 19.1 Å². The second-order valence-corrected chi connectivity index (χ2v) is 9.74. The quantitative estimate of drug-likeness (QED) is 0.415. The van der Waals surface area contributed by atoms with E-state index in [1.54, 1.807) is 23.7 Å². The highest BCUT2D eigenvalue weighted by Gasteiger charge is 2.29. The highest BCUT2D eigenvalue weighted by molar-refractivity contribution is 7.99. The minimum absolute atomic E-state index is 0.0744. The summed E-state index contributed by atoms with van der Waals surface area (Å²) < 4.78 is 34.1. The van der Waals surface area contributed by atoms with Crippen LogP contribution in [0, 0.1) is 10.1 Å². The van der Waals surface area contributed by atoms with Crippen LogP contribution in [-0.4, -0.2) is 45.5 Å². The molecule has 0 radical (unpaired) electrons. The molecule has 0 amide bonds. The molecule has 3 heterocycles. The van der Waals surface area contributed by atoms with Crippen molar-refractivity contribution in [2.45, 2.75) is 34.2 Å². The van der Waals surface area contributed by atoms with Gasteiger partial charge in [-0.05, 0) is 48.9 Å². The van der Waals surface area contributed by atoms with Crippen LogP contribution in [-0.2, 0) is 17.1 Å². The summed E-state index contributed by atoms with van der Waals surface area (Å²) >= 11 is 1.04. The number of nitrogens with zero attached hydrogens (tertiary/aromatic N) is 5. The molecule has 1 fully saturated rings. The summed E-state index contributed by atoms with van der Waals surface area (Å²) in [5.74, 6) is 1.00. The predicted molar refractivity (Wildman–Crippen MR) is 109 cm³/mol. The van der Waals surface area contributed by atoms with Crippen LogP contribution >= 0.6 is 11.8 Å². The monoisotopic (exact) mass is 449 g/mol. The van der Waals surface area contributed by atoms with Gasteiger partial charge in [0, 0.05) is 26.2 Å². The summed E-state index contributed by atoms with van der Waals surface area (Å²) in [6.45, 7) is 0.863. The molecule has 0 atom stereocenters. The number of benzene rings is 1. The Morgan fingerprint density at radius 1 is 1.17 bits per heavy atom. The van der Waals surface area contributed by atoms with Crippen molar-refractivity contribution >= 4 is 27.5 Å². The van der Waals surface area contributed by atoms with Crippen LogP contribution in [0.4, 0.5) is 5.69 Å². The van der Waals surface area contributed by atoms with E-state index in [1.807, 2.05) is 0 Å². The lowest BCUT2D eigenvalue weighted by molar-refractivity contribution is -0.388. The third-order valence-electron chi connectivity index (χ3n) is 4.86. The van der Waals surface area contributed by atoms with Gasteiger partial charge in [0.05, 0.1) is 21.0 Å². The molecule has 0 spiro atoms. The lowest BCUT2D eigenvalue weighted by Crippen LogP contribution is -2.35. The average Bonchev–Trinajstić information content (AvgIpc) is 3.39. The summed E-state index contributed by atoms with van der Waals surface area (Å²) in [6, 6.07) is 7.43. The van der Waals surface area contributed by atoms with Crippen molar-refractivity contribution in [2.24, 2.45) is 7.05 Å². The number of nitro benzene ring substituents is 1. The van der Waals surface area contributed by atoms with E-state index in [1.165, 1.54) is 22.7 Å². The van der Waals surface area contributed by atoms with Crippen LogP contribution in [0.25, 0.3) is 11.6 Å². The predicted octanol–water partition coefficient (Wildman–Crippen LogP) is 3.31. The Kier molecular flexibility index (Phi) is 5.62. The highest BCUT2D eigenvalue weighted by Crippen LogP contribution is 2.37. The van der Waals surface area contributed by atoms with Gasteiger partial charge in [-0.15, -0.1) is 10.2 Å². The zero-order chi connectivity index (χ0) is 21.3. The maximum absolute atomic E-state index is 12.9. The summed E-state index contributed by atoms with van der Waals surface area (Å²) in [6.07, 6.45) is 4.08. The molecular weight excluding hydrogens is 430 g/mol. The molecule has 3 aromatic rings. The van der Waals surface area contributed by atoms with Gasteiger partial charge in [-0.1, -0.05) is 6.42 Å². The fourth-order valence-corrected chi connectivity index (χ4v) is 5.68. The largest absolute Gasteiger partial charge is 0.461 e. The van der Waals surface area contributed by atoms with Crippen LogP contribution in [0.15, 0.2) is 56.0 Å². The van der Waals surface area contributed by atoms with Gasteiger partial charge in [0.2, 0.25) is 10.0 Å². The van der Waals surface area contributed by atoms with Crippen LogP contribution < -0.4 is 0 Å². The van der Waals surface area contributed by atoms with Crippen molar-refractivity contribution in [2.75, 3.05) is 13.1 Å². The summed E-state index contributed by atoms with van der Waals surface area (Å²) in [5, 5.41) is 20.2. The molecule has 0 saturated carbocycles. The fourth-order valence-electron chi connectivity index (χ4n) is 3.26. The first-order chi connectivity index (χ1) is 14.4. The van der Waals surface area contributed by atoms with Crippen molar-refractivity contribution in [3.05, 3.63) is 46.7 Å². The molecule has 12 heteroatoms. The Morgan fingerprint density at radius 3 is 2.60 bits per heavy atom. The second kappa shape index (κ2) is 8.20. The molecule has 0 aliphatic carbocycles. The normalized spacial score (nSPS) is 15.4. The maximum atomic E-state index is 12.9. The number of hydrogen-bond donors (Lipinski definition) is 0. The molecule has 2 aromatic heterocycles. The molecule has 1 aromatic carbocycles. The summed E-state index contributed by atoms with van der Waals surface area (Å²) in [7, 11) is -2.04. The van der Waals surface area contributed by atoms with Gasteiger partial charge in [0.25, 0.3) is 5.69 Å². The van der Waals surface area contributed by atoms with Crippen LogP contribution in [0.3, 0.4) is 0 Å². The Labute approximate surface area is 177 Å². The number of aromatic nitrogens is 3. The third kappa shape index (κ3) is 3.85. The summed E-state index contributed by atoms with van der Waals surface area (Å²) in [4.78, 5) is 11.3. The molecule has 158 valence electrons. The molecule has 4 rings (SSSR count). The van der Waals surface area contributed by atoms with E-state index in [4.69, 9.17) is 4.42 Å². The van der Waals surface area contributed by atoms with E-state index in [-0.39, 0.29) is 15.5 Å². The number of furan rings is 1. The second-order valence-electron chi connectivity index (χ2n) is 6.80. The Hall–Kier alpha value is -2.70. The van der Waals surface area contributed by atoms with Crippen molar-refractivity contribution in [1.29, 1.82) is 0 Å². The van der Waals surface area contributed by atoms with Gasteiger partial charge in [0.1, 0.15) is 0 Å². The highest BCUT2D eigenvalue weighted by atomic mass is 32.2. The van der Waals surface area contributed by atoms with Crippen molar-refractivity contribution < 1.29 is 17.8 Å². The van der Waals surface area contributed by atoms with Crippen LogP contribution in [0.2, 0.25) is 0 Å². The zero-order valence-corrected chi connectivity index (χ0v) is 17.7. The molecule has 10 nitrogen and oxygen atoms in total. The van der Waals surface area contributed by atoms with E-state index in [0.29, 0.717) is 29.8 Å². The van der Waals surface area contributed by atoms with Gasteiger partial charge in [-0.3, -0.25) is 10.1 Å². The van der Waals surface area contributed by atoms with E-state index < -0.39 is 14.9 Å². The summed E-state index contributed by atoms with van der Waals surface area (Å²) in [5.41, 5.74) is -0.291. The van der Waals surface area contributed by atoms with E-state index in [9.17, 15) is 18.5 Å². The van der Waals surface area contributed by atoms with Crippen molar-refractivity contribution in [3.8, 4) is 11.6 Å². The minimum Gasteiger partial charge on any atom is -0.461 e. The van der Waals surface area contributed by atoms with Gasteiger partial charge >= 0.3 is 0 Å². The Bertz CT molecular complexity index is 1170. The molecule has 1 saturated heterocycles. The fraction of sp³-hybridized carbons (Fsp3) is 0.333. The molecule has 1 aliphatic rings. The first-order valence-electron chi connectivity index (χ1n) is 9.27. The number of piperidine rings is 1. The maximum Gasteiger partial charge on any atom is 0.284 e. The number of rotatable bonds is 6. The SMILES string of the molecule is Cn1c(Sc2ccc(S(=O)(=O)N3CCCCC3)cc2[N+](=O)[O-])nnc1-c1ccco1. The van der Waals surface area contributed by atoms with Crippen LogP contribution in [0.1, 0.15) is 19.3 Å². The molecule has 0 N–H and O–H groups in total. The van der Waals surface area contributed by atoms with Gasteiger partial charge in [-0.25, -0.2) is 8.42 Å². The molecular formula is C18H19N5O5S2. The standard InChI is InChI=1S/C18H19N5O5S2/c1-21-17(15-6-5-11-28-15)19-20-18(21)29-16-8-7-13(12-14(16)23(24)25)30(26,27)22-9-3-2-4-10-22/h5-8,11-12H,2-4,9-10H2,1H3. The minimum atomic E-state index is -3.77. The first-order valence-corrected chi connectivity index (χ1v) is 11.5. The van der Waals surface area contributed by atoms with Gasteiger partial charge in [-0.2, -0.15) is 4.31 Å². The lowest BCUT2D eigenvalue weighted by Gasteiger charge is -2.25. The lowest BCUT2D eigenvalue weighted by atomic mass is 10.2. The van der Waals surface area contributed by atoms with Gasteiger partial charge < -0.3 is 8.98 Å². The molecule has 0 bridgehead atoms. The number of hydrogen-bond acceptors (Lipinski definition) is 8. The van der Waals surface area contributed by atoms with Crippen molar-refractivity contribution in [3.63, 3.8) is 0 Å². The average molecular weight is 450 g/mol.